The first kappa shape index (κ1) is 12.4. The Morgan fingerprint density at radius 3 is 2.06 bits per heavy atom. The van der Waals surface area contributed by atoms with E-state index >= 15 is 0 Å². The summed E-state index contributed by atoms with van der Waals surface area (Å²) < 4.78 is 37.2. The van der Waals surface area contributed by atoms with Gasteiger partial charge in [0, 0.05) is 6.04 Å². The predicted octanol–water partition coefficient (Wildman–Crippen LogP) is 3.75. The molecule has 94 valence electrons. The Morgan fingerprint density at radius 1 is 1.24 bits per heavy atom. The molecule has 2 unspecified atom stereocenters. The van der Waals surface area contributed by atoms with Gasteiger partial charge in [0.15, 0.2) is 0 Å². The molecule has 2 atom stereocenters. The van der Waals surface area contributed by atoms with Gasteiger partial charge in [0.25, 0.3) is 0 Å². The molecule has 1 aliphatic carbocycles. The van der Waals surface area contributed by atoms with E-state index in [2.05, 4.69) is 13.8 Å². The third kappa shape index (κ3) is 2.46. The monoisotopic (exact) mass is 243 g/mol. The van der Waals surface area contributed by atoms with E-state index in [9.17, 15) is 13.2 Å². The van der Waals surface area contributed by atoms with Gasteiger partial charge in [0.1, 0.15) is 0 Å². The molecule has 2 N–H and O–H groups in total. The van der Waals surface area contributed by atoms with Crippen molar-refractivity contribution < 1.29 is 13.2 Å². The van der Waals surface area contributed by atoms with Gasteiger partial charge in [-0.15, -0.1) is 0 Å². The minimum Gasteiger partial charge on any atom is -0.324 e. The van der Waals surface area contributed by atoms with Crippen LogP contribution in [0.2, 0.25) is 0 Å². The Labute approximate surface area is 98.8 Å². The molecule has 0 saturated heterocycles. The Balaban J connectivity index is 2.14. The van der Waals surface area contributed by atoms with Crippen LogP contribution in [0.15, 0.2) is 24.3 Å². The Kier molecular flexibility index (Phi) is 2.73. The van der Waals surface area contributed by atoms with E-state index < -0.39 is 11.7 Å². The zero-order valence-corrected chi connectivity index (χ0v) is 9.88. The van der Waals surface area contributed by atoms with Crippen LogP contribution in [-0.2, 0) is 6.18 Å². The van der Waals surface area contributed by atoms with E-state index in [4.69, 9.17) is 5.73 Å². The number of rotatable bonds is 2. The standard InChI is InChI=1S/C13H16F3N/c1-12(2)7-10(12)11(17)8-3-5-9(6-4-8)13(14,15)16/h3-6,10-11H,7,17H2,1-2H3. The first-order chi connectivity index (χ1) is 7.72. The van der Waals surface area contributed by atoms with Gasteiger partial charge in [-0.05, 0) is 35.4 Å². The minimum absolute atomic E-state index is 0.160. The largest absolute Gasteiger partial charge is 0.416 e. The molecule has 1 fully saturated rings. The summed E-state index contributed by atoms with van der Waals surface area (Å²) in [6.45, 7) is 4.25. The molecule has 0 bridgehead atoms. The fourth-order valence-electron chi connectivity index (χ4n) is 2.25. The lowest BCUT2D eigenvalue weighted by Crippen LogP contribution is -2.16. The van der Waals surface area contributed by atoms with Crippen molar-refractivity contribution in [1.82, 2.24) is 0 Å². The number of nitrogens with two attached hydrogens (primary N) is 1. The van der Waals surface area contributed by atoms with E-state index in [0.717, 1.165) is 24.1 Å². The van der Waals surface area contributed by atoms with Crippen molar-refractivity contribution in [1.29, 1.82) is 0 Å². The molecule has 2 rings (SSSR count). The second-order valence-electron chi connectivity index (χ2n) is 5.44. The summed E-state index contributed by atoms with van der Waals surface area (Å²) in [7, 11) is 0. The summed E-state index contributed by atoms with van der Waals surface area (Å²) in [6, 6.07) is 5.02. The highest BCUT2D eigenvalue weighted by molar-refractivity contribution is 5.28. The molecule has 0 heterocycles. The molecule has 1 nitrogen and oxygen atoms in total. The maximum absolute atomic E-state index is 12.4. The van der Waals surface area contributed by atoms with Gasteiger partial charge in [-0.1, -0.05) is 26.0 Å². The highest BCUT2D eigenvalue weighted by Gasteiger charge is 2.49. The molecule has 0 aromatic heterocycles. The van der Waals surface area contributed by atoms with Crippen LogP contribution in [-0.4, -0.2) is 0 Å². The molecule has 0 spiro atoms. The normalized spacial score (nSPS) is 24.5. The molecule has 1 aromatic rings. The molecule has 1 aliphatic rings. The first-order valence-corrected chi connectivity index (χ1v) is 5.64. The smallest absolute Gasteiger partial charge is 0.324 e. The molecular weight excluding hydrogens is 227 g/mol. The van der Waals surface area contributed by atoms with Crippen LogP contribution >= 0.6 is 0 Å². The summed E-state index contributed by atoms with van der Waals surface area (Å²) in [6.07, 6.45) is -3.24. The van der Waals surface area contributed by atoms with Crippen LogP contribution in [0.1, 0.15) is 37.4 Å². The third-order valence-electron chi connectivity index (χ3n) is 3.65. The summed E-state index contributed by atoms with van der Waals surface area (Å²) in [4.78, 5) is 0. The third-order valence-corrected chi connectivity index (χ3v) is 3.65. The molecule has 0 radical (unpaired) electrons. The van der Waals surface area contributed by atoms with Crippen molar-refractivity contribution in [2.24, 2.45) is 17.1 Å². The Morgan fingerprint density at radius 2 is 1.71 bits per heavy atom. The average molecular weight is 243 g/mol. The van der Waals surface area contributed by atoms with Crippen molar-refractivity contribution in [3.05, 3.63) is 35.4 Å². The van der Waals surface area contributed by atoms with Crippen LogP contribution in [0.4, 0.5) is 13.2 Å². The van der Waals surface area contributed by atoms with Crippen LogP contribution in [0.25, 0.3) is 0 Å². The van der Waals surface area contributed by atoms with Gasteiger partial charge < -0.3 is 5.73 Å². The van der Waals surface area contributed by atoms with E-state index in [1.54, 1.807) is 0 Å². The quantitative estimate of drug-likeness (QED) is 0.841. The van der Waals surface area contributed by atoms with E-state index in [1.165, 1.54) is 12.1 Å². The summed E-state index contributed by atoms with van der Waals surface area (Å²) >= 11 is 0. The highest BCUT2D eigenvalue weighted by Crippen LogP contribution is 2.56. The highest BCUT2D eigenvalue weighted by atomic mass is 19.4. The molecule has 17 heavy (non-hydrogen) atoms. The summed E-state index contributed by atoms with van der Waals surface area (Å²) in [5.74, 6) is 0.374. The lowest BCUT2D eigenvalue weighted by molar-refractivity contribution is -0.137. The number of hydrogen-bond donors (Lipinski definition) is 1. The fourth-order valence-corrected chi connectivity index (χ4v) is 2.25. The van der Waals surface area contributed by atoms with Gasteiger partial charge in [-0.2, -0.15) is 13.2 Å². The van der Waals surface area contributed by atoms with Crippen LogP contribution in [0, 0.1) is 11.3 Å². The SMILES string of the molecule is CC1(C)CC1C(N)c1ccc(C(F)(F)F)cc1. The molecule has 1 saturated carbocycles. The Bertz CT molecular complexity index is 406. The van der Waals surface area contributed by atoms with Crippen molar-refractivity contribution in [3.8, 4) is 0 Å². The zero-order chi connectivity index (χ0) is 12.8. The lowest BCUT2D eigenvalue weighted by atomic mass is 9.97. The topological polar surface area (TPSA) is 26.0 Å². The number of halogens is 3. The number of alkyl halides is 3. The molecule has 1 aromatic carbocycles. The number of benzene rings is 1. The molecule has 4 heteroatoms. The zero-order valence-electron chi connectivity index (χ0n) is 9.88. The van der Waals surface area contributed by atoms with Crippen molar-refractivity contribution in [2.45, 2.75) is 32.5 Å². The van der Waals surface area contributed by atoms with E-state index in [1.807, 2.05) is 0 Å². The van der Waals surface area contributed by atoms with Crippen LogP contribution in [0.3, 0.4) is 0 Å². The van der Waals surface area contributed by atoms with Crippen molar-refractivity contribution >= 4 is 0 Å². The maximum atomic E-state index is 12.4. The summed E-state index contributed by atoms with van der Waals surface area (Å²) in [5.41, 5.74) is 6.44. The molecule has 0 amide bonds. The predicted molar refractivity (Wildman–Crippen MR) is 60.3 cm³/mol. The maximum Gasteiger partial charge on any atom is 0.416 e. The first-order valence-electron chi connectivity index (χ1n) is 5.64. The van der Waals surface area contributed by atoms with E-state index in [0.29, 0.717) is 5.92 Å². The summed E-state index contributed by atoms with van der Waals surface area (Å²) in [5, 5.41) is 0. The van der Waals surface area contributed by atoms with Crippen LogP contribution < -0.4 is 5.73 Å². The minimum atomic E-state index is -4.28. The van der Waals surface area contributed by atoms with Gasteiger partial charge in [0.05, 0.1) is 5.56 Å². The molecular formula is C13H16F3N. The van der Waals surface area contributed by atoms with E-state index in [-0.39, 0.29) is 11.5 Å². The molecule has 0 aliphatic heterocycles. The fraction of sp³-hybridized carbons (Fsp3) is 0.538. The van der Waals surface area contributed by atoms with Crippen LogP contribution in [0.5, 0.6) is 0 Å². The second-order valence-corrected chi connectivity index (χ2v) is 5.44. The number of hydrogen-bond acceptors (Lipinski definition) is 1. The van der Waals surface area contributed by atoms with Crippen molar-refractivity contribution in [3.63, 3.8) is 0 Å². The second kappa shape index (κ2) is 3.73. The van der Waals surface area contributed by atoms with Gasteiger partial charge >= 0.3 is 6.18 Å². The van der Waals surface area contributed by atoms with Gasteiger partial charge in [0.2, 0.25) is 0 Å². The lowest BCUT2D eigenvalue weighted by Gasteiger charge is -2.15. The van der Waals surface area contributed by atoms with Gasteiger partial charge in [-0.3, -0.25) is 0 Å². The van der Waals surface area contributed by atoms with Gasteiger partial charge in [-0.25, -0.2) is 0 Å². The average Bonchev–Trinajstić information content (AvgIpc) is 2.86. The Hall–Kier alpha value is -1.03. The van der Waals surface area contributed by atoms with Crippen molar-refractivity contribution in [2.75, 3.05) is 0 Å².